The van der Waals surface area contributed by atoms with E-state index in [-0.39, 0.29) is 24.2 Å². The van der Waals surface area contributed by atoms with Crippen molar-refractivity contribution >= 4 is 5.91 Å². The van der Waals surface area contributed by atoms with Crippen molar-refractivity contribution in [1.29, 1.82) is 0 Å². The lowest BCUT2D eigenvalue weighted by Crippen LogP contribution is -2.41. The summed E-state index contributed by atoms with van der Waals surface area (Å²) in [5, 5.41) is 3.07. The highest BCUT2D eigenvalue weighted by molar-refractivity contribution is 5.80. The second-order valence-electron chi connectivity index (χ2n) is 5.46. The third kappa shape index (κ3) is 3.68. The number of nitrogens with one attached hydrogen (secondary N) is 1. The first-order valence-electron chi connectivity index (χ1n) is 6.86. The highest BCUT2D eigenvalue weighted by Crippen LogP contribution is 2.22. The molecule has 0 heterocycles. The molecule has 2 saturated carbocycles. The molecule has 0 aromatic heterocycles. The fourth-order valence-corrected chi connectivity index (χ4v) is 2.84. The maximum atomic E-state index is 11.9. The molecule has 3 unspecified atom stereocenters. The Morgan fingerprint density at radius 3 is 2.59 bits per heavy atom. The van der Waals surface area contributed by atoms with Crippen molar-refractivity contribution in [3.63, 3.8) is 0 Å². The van der Waals surface area contributed by atoms with Gasteiger partial charge in [-0.3, -0.25) is 4.79 Å². The van der Waals surface area contributed by atoms with Crippen LogP contribution in [0.4, 0.5) is 0 Å². The largest absolute Gasteiger partial charge is 0.365 e. The van der Waals surface area contributed by atoms with Crippen LogP contribution in [0.1, 0.15) is 51.9 Å². The van der Waals surface area contributed by atoms with Crippen LogP contribution in [0.15, 0.2) is 0 Å². The lowest BCUT2D eigenvalue weighted by molar-refractivity contribution is -0.135. The van der Waals surface area contributed by atoms with Crippen LogP contribution < -0.4 is 11.1 Å². The standard InChI is InChI=1S/C13H24N2O2/c1-9(17-12-7-6-10(14)8-12)13(16)15-11-4-2-3-5-11/h9-12H,2-8,14H2,1H3,(H,15,16). The first kappa shape index (κ1) is 12.8. The van der Waals surface area contributed by atoms with Gasteiger partial charge in [-0.2, -0.15) is 0 Å². The molecular weight excluding hydrogens is 216 g/mol. The molecule has 4 nitrogen and oxygen atoms in total. The Balaban J connectivity index is 1.71. The summed E-state index contributed by atoms with van der Waals surface area (Å²) in [6.07, 6.45) is 7.43. The predicted molar refractivity (Wildman–Crippen MR) is 66.6 cm³/mol. The van der Waals surface area contributed by atoms with E-state index in [0.29, 0.717) is 6.04 Å². The smallest absolute Gasteiger partial charge is 0.249 e. The summed E-state index contributed by atoms with van der Waals surface area (Å²) in [7, 11) is 0. The number of nitrogens with two attached hydrogens (primary N) is 1. The molecule has 2 fully saturated rings. The van der Waals surface area contributed by atoms with E-state index in [2.05, 4.69) is 5.32 Å². The van der Waals surface area contributed by atoms with E-state index in [9.17, 15) is 4.79 Å². The number of amides is 1. The summed E-state index contributed by atoms with van der Waals surface area (Å²) in [4.78, 5) is 11.9. The molecule has 98 valence electrons. The Morgan fingerprint density at radius 2 is 2.00 bits per heavy atom. The van der Waals surface area contributed by atoms with Gasteiger partial charge in [0.05, 0.1) is 6.10 Å². The molecule has 0 radical (unpaired) electrons. The zero-order valence-corrected chi connectivity index (χ0v) is 10.7. The number of hydrogen-bond acceptors (Lipinski definition) is 3. The van der Waals surface area contributed by atoms with Gasteiger partial charge in [-0.1, -0.05) is 12.8 Å². The van der Waals surface area contributed by atoms with Gasteiger partial charge in [-0.05, 0) is 39.0 Å². The van der Waals surface area contributed by atoms with Crippen molar-refractivity contribution in [2.24, 2.45) is 5.73 Å². The number of rotatable bonds is 4. The van der Waals surface area contributed by atoms with Gasteiger partial charge in [0.25, 0.3) is 0 Å². The topological polar surface area (TPSA) is 64.3 Å². The Hall–Kier alpha value is -0.610. The van der Waals surface area contributed by atoms with Crippen molar-refractivity contribution in [1.82, 2.24) is 5.32 Å². The zero-order chi connectivity index (χ0) is 12.3. The van der Waals surface area contributed by atoms with Crippen LogP contribution in [0.5, 0.6) is 0 Å². The summed E-state index contributed by atoms with van der Waals surface area (Å²) < 4.78 is 5.76. The van der Waals surface area contributed by atoms with E-state index in [1.165, 1.54) is 12.8 Å². The Morgan fingerprint density at radius 1 is 1.29 bits per heavy atom. The first-order valence-corrected chi connectivity index (χ1v) is 6.86. The van der Waals surface area contributed by atoms with E-state index in [0.717, 1.165) is 32.1 Å². The summed E-state index contributed by atoms with van der Waals surface area (Å²) in [5.41, 5.74) is 5.83. The minimum atomic E-state index is -0.342. The summed E-state index contributed by atoms with van der Waals surface area (Å²) in [6.45, 7) is 1.84. The van der Waals surface area contributed by atoms with Gasteiger partial charge in [0.2, 0.25) is 5.91 Å². The molecule has 3 atom stereocenters. The average Bonchev–Trinajstić information content (AvgIpc) is 2.90. The van der Waals surface area contributed by atoms with Gasteiger partial charge in [0.15, 0.2) is 0 Å². The van der Waals surface area contributed by atoms with Crippen molar-refractivity contribution in [3.8, 4) is 0 Å². The molecule has 0 aliphatic heterocycles. The second-order valence-corrected chi connectivity index (χ2v) is 5.46. The summed E-state index contributed by atoms with van der Waals surface area (Å²) in [5.74, 6) is 0.0392. The molecular formula is C13H24N2O2. The maximum Gasteiger partial charge on any atom is 0.249 e. The van der Waals surface area contributed by atoms with Gasteiger partial charge in [-0.25, -0.2) is 0 Å². The van der Waals surface area contributed by atoms with Gasteiger partial charge >= 0.3 is 0 Å². The lowest BCUT2D eigenvalue weighted by atomic mass is 10.2. The highest BCUT2D eigenvalue weighted by Gasteiger charge is 2.27. The SMILES string of the molecule is CC(OC1CCC(N)C1)C(=O)NC1CCCC1. The molecule has 17 heavy (non-hydrogen) atoms. The molecule has 0 aromatic carbocycles. The fraction of sp³-hybridized carbons (Fsp3) is 0.923. The molecule has 0 aromatic rings. The number of carbonyl (C=O) groups excluding carboxylic acids is 1. The molecule has 4 heteroatoms. The molecule has 2 rings (SSSR count). The Bertz CT molecular complexity index is 264. The van der Waals surface area contributed by atoms with Crippen molar-refractivity contribution in [2.45, 2.75) is 76.2 Å². The van der Waals surface area contributed by atoms with Crippen LogP contribution >= 0.6 is 0 Å². The second kappa shape index (κ2) is 5.83. The highest BCUT2D eigenvalue weighted by atomic mass is 16.5. The zero-order valence-electron chi connectivity index (χ0n) is 10.7. The van der Waals surface area contributed by atoms with Crippen molar-refractivity contribution in [3.05, 3.63) is 0 Å². The third-order valence-electron chi connectivity index (χ3n) is 3.89. The van der Waals surface area contributed by atoms with E-state index in [4.69, 9.17) is 10.5 Å². The summed E-state index contributed by atoms with van der Waals surface area (Å²) in [6, 6.07) is 0.629. The minimum Gasteiger partial charge on any atom is -0.365 e. The van der Waals surface area contributed by atoms with Crippen LogP contribution in [-0.2, 0) is 9.53 Å². The van der Waals surface area contributed by atoms with E-state index in [1.807, 2.05) is 6.92 Å². The van der Waals surface area contributed by atoms with Crippen LogP contribution in [0.2, 0.25) is 0 Å². The maximum absolute atomic E-state index is 11.9. The van der Waals surface area contributed by atoms with E-state index >= 15 is 0 Å². The predicted octanol–water partition coefficient (Wildman–Crippen LogP) is 1.33. The average molecular weight is 240 g/mol. The normalized spacial score (nSPS) is 31.6. The Labute approximate surface area is 103 Å². The summed E-state index contributed by atoms with van der Waals surface area (Å²) >= 11 is 0. The quantitative estimate of drug-likeness (QED) is 0.779. The monoisotopic (exact) mass is 240 g/mol. The third-order valence-corrected chi connectivity index (χ3v) is 3.89. The number of hydrogen-bond donors (Lipinski definition) is 2. The van der Waals surface area contributed by atoms with Crippen molar-refractivity contribution < 1.29 is 9.53 Å². The molecule has 0 bridgehead atoms. The Kier molecular flexibility index (Phi) is 4.40. The van der Waals surface area contributed by atoms with Gasteiger partial charge in [0, 0.05) is 12.1 Å². The van der Waals surface area contributed by atoms with Gasteiger partial charge in [-0.15, -0.1) is 0 Å². The van der Waals surface area contributed by atoms with Crippen molar-refractivity contribution in [2.75, 3.05) is 0 Å². The lowest BCUT2D eigenvalue weighted by Gasteiger charge is -2.20. The van der Waals surface area contributed by atoms with Crippen LogP contribution in [-0.4, -0.2) is 30.2 Å². The molecule has 1 amide bonds. The molecule has 3 N–H and O–H groups in total. The van der Waals surface area contributed by atoms with Crippen LogP contribution in [0.25, 0.3) is 0 Å². The molecule has 0 spiro atoms. The molecule has 2 aliphatic carbocycles. The van der Waals surface area contributed by atoms with Crippen LogP contribution in [0.3, 0.4) is 0 Å². The minimum absolute atomic E-state index is 0.0392. The number of ether oxygens (including phenoxy) is 1. The molecule has 2 aliphatic rings. The van der Waals surface area contributed by atoms with Crippen LogP contribution in [0, 0.1) is 0 Å². The van der Waals surface area contributed by atoms with Gasteiger partial charge in [0.1, 0.15) is 6.10 Å². The van der Waals surface area contributed by atoms with Gasteiger partial charge < -0.3 is 15.8 Å². The molecule has 0 saturated heterocycles. The fourth-order valence-electron chi connectivity index (χ4n) is 2.84. The first-order chi connectivity index (χ1) is 8.15. The van der Waals surface area contributed by atoms with E-state index < -0.39 is 0 Å². The van der Waals surface area contributed by atoms with E-state index in [1.54, 1.807) is 0 Å². The number of carbonyl (C=O) groups is 1.